The summed E-state index contributed by atoms with van der Waals surface area (Å²) >= 11 is 0. The molecule has 0 aromatic carbocycles. The van der Waals surface area contributed by atoms with Crippen molar-refractivity contribution in [3.05, 3.63) is 18.0 Å². The van der Waals surface area contributed by atoms with Gasteiger partial charge in [-0.1, -0.05) is 6.42 Å². The molecule has 1 saturated heterocycles. The van der Waals surface area contributed by atoms with Gasteiger partial charge >= 0.3 is 6.01 Å². The minimum atomic E-state index is 0.293. The average molecular weight is 232 g/mol. The van der Waals surface area contributed by atoms with Crippen molar-refractivity contribution in [2.75, 3.05) is 26.2 Å². The van der Waals surface area contributed by atoms with Crippen molar-refractivity contribution in [3.8, 4) is 12.1 Å². The van der Waals surface area contributed by atoms with Crippen LogP contribution in [0.2, 0.25) is 0 Å². The highest BCUT2D eigenvalue weighted by Crippen LogP contribution is 2.08. The maximum atomic E-state index is 8.69. The van der Waals surface area contributed by atoms with Gasteiger partial charge in [-0.15, -0.1) is 0 Å². The lowest BCUT2D eigenvalue weighted by molar-refractivity contribution is 0.177. The Morgan fingerprint density at radius 3 is 2.94 bits per heavy atom. The zero-order valence-electron chi connectivity index (χ0n) is 9.80. The van der Waals surface area contributed by atoms with Crippen LogP contribution in [0, 0.1) is 11.3 Å². The number of piperidine rings is 1. The molecule has 1 aliphatic rings. The van der Waals surface area contributed by atoms with E-state index in [0.717, 1.165) is 19.6 Å². The Balaban J connectivity index is 1.75. The molecule has 90 valence electrons. The van der Waals surface area contributed by atoms with Crippen LogP contribution >= 0.6 is 0 Å². The lowest BCUT2D eigenvalue weighted by atomic mass is 10.1. The third-order valence-electron chi connectivity index (χ3n) is 2.84. The van der Waals surface area contributed by atoms with Gasteiger partial charge in [-0.3, -0.25) is 4.90 Å². The summed E-state index contributed by atoms with van der Waals surface area (Å²) in [4.78, 5) is 10.3. The highest BCUT2D eigenvalue weighted by molar-refractivity contribution is 5.19. The van der Waals surface area contributed by atoms with Crippen molar-refractivity contribution in [1.82, 2.24) is 14.9 Å². The minimum absolute atomic E-state index is 0.293. The monoisotopic (exact) mass is 232 g/mol. The lowest BCUT2D eigenvalue weighted by Gasteiger charge is -2.25. The van der Waals surface area contributed by atoms with E-state index < -0.39 is 0 Å². The fourth-order valence-corrected chi connectivity index (χ4v) is 1.92. The zero-order valence-corrected chi connectivity index (χ0v) is 9.80. The van der Waals surface area contributed by atoms with E-state index >= 15 is 0 Å². The molecule has 0 saturated carbocycles. The number of ether oxygens (including phenoxy) is 1. The third kappa shape index (κ3) is 3.68. The normalized spacial score (nSPS) is 16.4. The zero-order chi connectivity index (χ0) is 11.9. The molecular formula is C12H16N4O. The summed E-state index contributed by atoms with van der Waals surface area (Å²) in [6.45, 7) is 3.79. The molecule has 0 unspecified atom stereocenters. The lowest BCUT2D eigenvalue weighted by Crippen LogP contribution is -2.33. The van der Waals surface area contributed by atoms with Gasteiger partial charge in [0.05, 0.1) is 0 Å². The van der Waals surface area contributed by atoms with E-state index in [1.54, 1.807) is 12.3 Å². The average Bonchev–Trinajstić information content (AvgIpc) is 2.40. The summed E-state index contributed by atoms with van der Waals surface area (Å²) < 4.78 is 5.44. The van der Waals surface area contributed by atoms with Crippen LogP contribution in [0.3, 0.4) is 0 Å². The van der Waals surface area contributed by atoms with Gasteiger partial charge in [0.15, 0.2) is 0 Å². The molecule has 0 atom stereocenters. The summed E-state index contributed by atoms with van der Waals surface area (Å²) in [6.07, 6.45) is 5.44. The van der Waals surface area contributed by atoms with Gasteiger partial charge < -0.3 is 4.74 Å². The predicted molar refractivity (Wildman–Crippen MR) is 62.5 cm³/mol. The van der Waals surface area contributed by atoms with Crippen LogP contribution in [0.25, 0.3) is 0 Å². The smallest absolute Gasteiger partial charge is 0.317 e. The van der Waals surface area contributed by atoms with E-state index in [9.17, 15) is 0 Å². The SMILES string of the molecule is N#Cc1ccnc(OCCN2CCCCC2)n1. The van der Waals surface area contributed by atoms with Crippen molar-refractivity contribution in [2.24, 2.45) is 0 Å². The quantitative estimate of drug-likeness (QED) is 0.781. The van der Waals surface area contributed by atoms with Crippen LogP contribution in [0.5, 0.6) is 6.01 Å². The van der Waals surface area contributed by atoms with Gasteiger partial charge in [0.25, 0.3) is 0 Å². The molecule has 1 aromatic rings. The Morgan fingerprint density at radius 2 is 2.18 bits per heavy atom. The van der Waals surface area contributed by atoms with Crippen LogP contribution in [-0.4, -0.2) is 41.1 Å². The fraction of sp³-hybridized carbons (Fsp3) is 0.583. The molecule has 17 heavy (non-hydrogen) atoms. The third-order valence-corrected chi connectivity index (χ3v) is 2.84. The Morgan fingerprint density at radius 1 is 1.35 bits per heavy atom. The summed E-state index contributed by atoms with van der Waals surface area (Å²) in [5, 5.41) is 8.69. The first-order valence-corrected chi connectivity index (χ1v) is 5.97. The first-order chi connectivity index (χ1) is 8.38. The largest absolute Gasteiger partial charge is 0.462 e. The van der Waals surface area contributed by atoms with Crippen molar-refractivity contribution >= 4 is 0 Å². The van der Waals surface area contributed by atoms with Crippen LogP contribution in [0.1, 0.15) is 25.0 Å². The number of nitrogens with zero attached hydrogens (tertiary/aromatic N) is 4. The topological polar surface area (TPSA) is 62.0 Å². The Bertz CT molecular complexity index is 396. The fourth-order valence-electron chi connectivity index (χ4n) is 1.92. The van der Waals surface area contributed by atoms with Crippen LogP contribution < -0.4 is 4.74 Å². The highest BCUT2D eigenvalue weighted by Gasteiger charge is 2.09. The Labute approximate surface area is 101 Å². The van der Waals surface area contributed by atoms with E-state index in [0.29, 0.717) is 18.3 Å². The van der Waals surface area contributed by atoms with Gasteiger partial charge in [-0.25, -0.2) is 4.98 Å². The number of hydrogen-bond acceptors (Lipinski definition) is 5. The molecular weight excluding hydrogens is 216 g/mol. The molecule has 0 amide bonds. The van der Waals surface area contributed by atoms with Crippen molar-refractivity contribution < 1.29 is 4.74 Å². The maximum Gasteiger partial charge on any atom is 0.317 e. The summed E-state index contributed by atoms with van der Waals surface area (Å²) in [5.41, 5.74) is 0.341. The molecule has 5 nitrogen and oxygen atoms in total. The summed E-state index contributed by atoms with van der Waals surface area (Å²) in [5.74, 6) is 0. The molecule has 0 aliphatic carbocycles. The first-order valence-electron chi connectivity index (χ1n) is 5.97. The summed E-state index contributed by atoms with van der Waals surface area (Å²) in [6, 6.07) is 3.83. The molecule has 0 bridgehead atoms. The standard InChI is InChI=1S/C12H16N4O/c13-10-11-4-5-14-12(15-11)17-9-8-16-6-2-1-3-7-16/h4-5H,1-3,6-9H2. The second-order valence-electron chi connectivity index (χ2n) is 4.09. The molecule has 1 aliphatic heterocycles. The second-order valence-corrected chi connectivity index (χ2v) is 4.09. The van der Waals surface area contributed by atoms with Crippen LogP contribution in [0.4, 0.5) is 0 Å². The van der Waals surface area contributed by atoms with Gasteiger partial charge in [0, 0.05) is 12.7 Å². The molecule has 0 spiro atoms. The molecule has 2 rings (SSSR count). The molecule has 1 aromatic heterocycles. The minimum Gasteiger partial charge on any atom is -0.462 e. The van der Waals surface area contributed by atoms with E-state index in [4.69, 9.17) is 10.00 Å². The first kappa shape index (κ1) is 11.8. The number of rotatable bonds is 4. The Kier molecular flexibility index (Phi) is 4.28. The van der Waals surface area contributed by atoms with Gasteiger partial charge in [-0.05, 0) is 32.0 Å². The van der Waals surface area contributed by atoms with E-state index in [1.165, 1.54) is 19.3 Å². The van der Waals surface area contributed by atoms with E-state index in [2.05, 4.69) is 14.9 Å². The molecule has 5 heteroatoms. The van der Waals surface area contributed by atoms with Crippen LogP contribution in [0.15, 0.2) is 12.3 Å². The van der Waals surface area contributed by atoms with Crippen molar-refractivity contribution in [2.45, 2.75) is 19.3 Å². The number of aromatic nitrogens is 2. The number of likely N-dealkylation sites (tertiary alicyclic amines) is 1. The molecule has 0 radical (unpaired) electrons. The van der Waals surface area contributed by atoms with Crippen molar-refractivity contribution in [3.63, 3.8) is 0 Å². The molecule has 2 heterocycles. The van der Waals surface area contributed by atoms with Gasteiger partial charge in [-0.2, -0.15) is 10.2 Å². The molecule has 1 fully saturated rings. The van der Waals surface area contributed by atoms with Crippen LogP contribution in [-0.2, 0) is 0 Å². The highest BCUT2D eigenvalue weighted by atomic mass is 16.5. The van der Waals surface area contributed by atoms with Gasteiger partial charge in [0.2, 0.25) is 0 Å². The second kappa shape index (κ2) is 6.16. The molecule has 0 N–H and O–H groups in total. The predicted octanol–water partition coefficient (Wildman–Crippen LogP) is 1.21. The number of nitriles is 1. The van der Waals surface area contributed by atoms with Crippen molar-refractivity contribution in [1.29, 1.82) is 5.26 Å². The Hall–Kier alpha value is -1.67. The van der Waals surface area contributed by atoms with Gasteiger partial charge in [0.1, 0.15) is 18.4 Å². The maximum absolute atomic E-state index is 8.69. The van der Waals surface area contributed by atoms with E-state index in [1.807, 2.05) is 6.07 Å². The number of hydrogen-bond donors (Lipinski definition) is 0. The van der Waals surface area contributed by atoms with E-state index in [-0.39, 0.29) is 0 Å². The summed E-state index contributed by atoms with van der Waals surface area (Å²) in [7, 11) is 0.